The van der Waals surface area contributed by atoms with Crippen molar-refractivity contribution >= 4 is 16.3 Å². The highest BCUT2D eigenvalue weighted by Gasteiger charge is 2.37. The summed E-state index contributed by atoms with van der Waals surface area (Å²) in [6.45, 7) is 2.08. The summed E-state index contributed by atoms with van der Waals surface area (Å²) >= 11 is 1.69. The van der Waals surface area contributed by atoms with Gasteiger partial charge < -0.3 is 5.11 Å². The minimum Gasteiger partial charge on any atom is -0.393 e. The number of rotatable bonds is 3. The van der Waals surface area contributed by atoms with Crippen molar-refractivity contribution in [2.45, 2.75) is 57.2 Å². The summed E-state index contributed by atoms with van der Waals surface area (Å²) < 4.78 is 2.11. The fraction of sp³-hybridized carbons (Fsp3) is 0.688. The fourth-order valence-corrected chi connectivity index (χ4v) is 4.90. The summed E-state index contributed by atoms with van der Waals surface area (Å²) in [6, 6.07) is 0.552. The molecule has 114 valence electrons. The number of nitrogens with zero attached hydrogens (tertiary/aromatic N) is 3. The van der Waals surface area contributed by atoms with Crippen LogP contribution in [-0.4, -0.2) is 38.1 Å². The molecule has 1 N–H and O–H groups in total. The number of aliphatic hydroxyl groups excluding tert-OH is 1. The molecule has 21 heavy (non-hydrogen) atoms. The lowest BCUT2D eigenvalue weighted by molar-refractivity contribution is 0.0307. The number of aromatic nitrogens is 2. The number of likely N-dealkylation sites (tertiary alicyclic amines) is 1. The molecule has 2 aromatic heterocycles. The van der Waals surface area contributed by atoms with Crippen LogP contribution in [-0.2, 0) is 6.54 Å². The first-order chi connectivity index (χ1) is 10.3. The Balaban J connectivity index is 1.52. The average molecular weight is 305 g/mol. The van der Waals surface area contributed by atoms with Crippen LogP contribution in [0.5, 0.6) is 0 Å². The van der Waals surface area contributed by atoms with Crippen molar-refractivity contribution < 1.29 is 5.11 Å². The molecule has 0 amide bonds. The lowest BCUT2D eigenvalue weighted by atomic mass is 9.87. The van der Waals surface area contributed by atoms with Gasteiger partial charge in [-0.1, -0.05) is 12.8 Å². The van der Waals surface area contributed by atoms with Crippen LogP contribution >= 0.6 is 11.3 Å². The molecule has 4 nitrogen and oxygen atoms in total. The first kappa shape index (κ1) is 13.7. The van der Waals surface area contributed by atoms with Crippen molar-refractivity contribution in [2.24, 2.45) is 5.92 Å². The van der Waals surface area contributed by atoms with Gasteiger partial charge in [0.15, 0.2) is 4.96 Å². The maximum atomic E-state index is 10.3. The first-order valence-electron chi connectivity index (χ1n) is 8.14. The minimum atomic E-state index is -0.0823. The molecule has 3 unspecified atom stereocenters. The van der Waals surface area contributed by atoms with E-state index in [1.54, 1.807) is 11.3 Å². The van der Waals surface area contributed by atoms with Crippen LogP contribution in [0.15, 0.2) is 17.8 Å². The lowest BCUT2D eigenvalue weighted by Crippen LogP contribution is -2.45. The van der Waals surface area contributed by atoms with Crippen LogP contribution in [0.2, 0.25) is 0 Å². The van der Waals surface area contributed by atoms with Gasteiger partial charge in [-0.15, -0.1) is 11.3 Å². The standard InChI is InChI=1S/C16H23N3OS/c20-15-6-3-4-13(15)14-5-1-2-7-18(14)10-12-11-19-8-9-21-16(19)17-12/h8-9,11,13-15,20H,1-7,10H2. The summed E-state index contributed by atoms with van der Waals surface area (Å²) in [7, 11) is 0. The van der Waals surface area contributed by atoms with Crippen molar-refractivity contribution in [2.75, 3.05) is 6.54 Å². The Morgan fingerprint density at radius 2 is 2.19 bits per heavy atom. The number of piperidine rings is 1. The third kappa shape index (κ3) is 2.62. The summed E-state index contributed by atoms with van der Waals surface area (Å²) in [5, 5.41) is 12.3. The van der Waals surface area contributed by atoms with E-state index in [4.69, 9.17) is 4.98 Å². The van der Waals surface area contributed by atoms with Crippen LogP contribution in [0.1, 0.15) is 44.2 Å². The molecule has 4 rings (SSSR count). The molecule has 0 bridgehead atoms. The van der Waals surface area contributed by atoms with E-state index < -0.39 is 0 Å². The highest BCUT2D eigenvalue weighted by molar-refractivity contribution is 7.15. The summed E-state index contributed by atoms with van der Waals surface area (Å²) in [6.07, 6.45) is 11.4. The molecule has 0 radical (unpaired) electrons. The SMILES string of the molecule is OC1CCCC1C1CCCCN1Cc1cn2ccsc2n1. The summed E-state index contributed by atoms with van der Waals surface area (Å²) in [5.41, 5.74) is 1.17. The largest absolute Gasteiger partial charge is 0.393 e. The van der Waals surface area contributed by atoms with E-state index in [0.29, 0.717) is 12.0 Å². The third-order valence-electron chi connectivity index (χ3n) is 5.20. The van der Waals surface area contributed by atoms with Crippen LogP contribution in [0.3, 0.4) is 0 Å². The van der Waals surface area contributed by atoms with Gasteiger partial charge in [0.05, 0.1) is 11.8 Å². The molecule has 0 aromatic carbocycles. The van der Waals surface area contributed by atoms with Crippen molar-refractivity contribution in [1.29, 1.82) is 0 Å². The number of fused-ring (bicyclic) bond motifs is 1. The van der Waals surface area contributed by atoms with Crippen molar-refractivity contribution in [1.82, 2.24) is 14.3 Å². The van der Waals surface area contributed by atoms with E-state index >= 15 is 0 Å². The Morgan fingerprint density at radius 1 is 1.24 bits per heavy atom. The predicted molar refractivity (Wildman–Crippen MR) is 84.5 cm³/mol. The van der Waals surface area contributed by atoms with E-state index in [2.05, 4.69) is 27.1 Å². The molecule has 2 aromatic rings. The zero-order valence-corrected chi connectivity index (χ0v) is 13.1. The van der Waals surface area contributed by atoms with Crippen LogP contribution in [0.25, 0.3) is 4.96 Å². The molecule has 5 heteroatoms. The molecule has 1 aliphatic carbocycles. The van der Waals surface area contributed by atoms with Crippen molar-refractivity contribution in [3.05, 3.63) is 23.5 Å². The molecule has 2 fully saturated rings. The molecule has 1 saturated heterocycles. The Bertz CT molecular complexity index is 579. The second kappa shape index (κ2) is 5.71. The number of hydrogen-bond donors (Lipinski definition) is 1. The number of hydrogen-bond acceptors (Lipinski definition) is 4. The topological polar surface area (TPSA) is 40.8 Å². The fourth-order valence-electron chi connectivity index (χ4n) is 4.18. The minimum absolute atomic E-state index is 0.0823. The number of imidazole rings is 1. The lowest BCUT2D eigenvalue weighted by Gasteiger charge is -2.40. The maximum Gasteiger partial charge on any atom is 0.193 e. The Hall–Kier alpha value is -0.910. The molecular formula is C16H23N3OS. The van der Waals surface area contributed by atoms with Crippen LogP contribution in [0.4, 0.5) is 0 Å². The first-order valence-corrected chi connectivity index (χ1v) is 9.02. The van der Waals surface area contributed by atoms with E-state index in [-0.39, 0.29) is 6.10 Å². The van der Waals surface area contributed by atoms with E-state index in [1.807, 2.05) is 0 Å². The van der Waals surface area contributed by atoms with Crippen LogP contribution < -0.4 is 0 Å². The van der Waals surface area contributed by atoms with Crippen LogP contribution in [0, 0.1) is 5.92 Å². The molecule has 1 saturated carbocycles. The van der Waals surface area contributed by atoms with Gasteiger partial charge in [-0.2, -0.15) is 0 Å². The normalized spacial score (nSPS) is 31.2. The third-order valence-corrected chi connectivity index (χ3v) is 5.97. The van der Waals surface area contributed by atoms with Gasteiger partial charge in [-0.05, 0) is 32.2 Å². The molecular weight excluding hydrogens is 282 g/mol. The van der Waals surface area contributed by atoms with Gasteiger partial charge >= 0.3 is 0 Å². The number of aliphatic hydroxyl groups is 1. The van der Waals surface area contributed by atoms with E-state index in [1.165, 1.54) is 37.8 Å². The van der Waals surface area contributed by atoms with Crippen molar-refractivity contribution in [3.63, 3.8) is 0 Å². The second-order valence-electron chi connectivity index (χ2n) is 6.52. The molecule has 2 aliphatic rings. The molecule has 0 spiro atoms. The van der Waals surface area contributed by atoms with Gasteiger partial charge in [-0.3, -0.25) is 9.30 Å². The van der Waals surface area contributed by atoms with Gasteiger partial charge in [0.25, 0.3) is 0 Å². The zero-order chi connectivity index (χ0) is 14.2. The highest BCUT2D eigenvalue weighted by atomic mass is 32.1. The van der Waals surface area contributed by atoms with E-state index in [9.17, 15) is 5.11 Å². The number of thiazole rings is 1. The monoisotopic (exact) mass is 305 g/mol. The predicted octanol–water partition coefficient (Wildman–Crippen LogP) is 2.91. The molecule has 1 aliphatic heterocycles. The smallest absolute Gasteiger partial charge is 0.193 e. The molecule has 3 atom stereocenters. The van der Waals surface area contributed by atoms with Crippen molar-refractivity contribution in [3.8, 4) is 0 Å². The average Bonchev–Trinajstić information content (AvgIpc) is 3.15. The Morgan fingerprint density at radius 3 is 3.00 bits per heavy atom. The summed E-state index contributed by atoms with van der Waals surface area (Å²) in [4.78, 5) is 8.39. The zero-order valence-electron chi connectivity index (χ0n) is 12.3. The van der Waals surface area contributed by atoms with Gasteiger partial charge in [0.1, 0.15) is 0 Å². The Labute approximate surface area is 129 Å². The van der Waals surface area contributed by atoms with Gasteiger partial charge in [0.2, 0.25) is 0 Å². The van der Waals surface area contributed by atoms with Gasteiger partial charge in [-0.25, -0.2) is 4.98 Å². The van der Waals surface area contributed by atoms with Gasteiger partial charge in [0, 0.05) is 36.3 Å². The maximum absolute atomic E-state index is 10.3. The Kier molecular flexibility index (Phi) is 3.73. The molecule has 3 heterocycles. The highest BCUT2D eigenvalue weighted by Crippen LogP contribution is 2.35. The second-order valence-corrected chi connectivity index (χ2v) is 7.39. The van der Waals surface area contributed by atoms with E-state index in [0.717, 1.165) is 24.5 Å². The summed E-state index contributed by atoms with van der Waals surface area (Å²) in [5.74, 6) is 0.481. The quantitative estimate of drug-likeness (QED) is 0.948.